The van der Waals surface area contributed by atoms with Crippen molar-refractivity contribution in [1.82, 2.24) is 10.2 Å². The fraction of sp³-hybridized carbons (Fsp3) is 1.00. The lowest BCUT2D eigenvalue weighted by Crippen LogP contribution is -2.45. The third-order valence-electron chi connectivity index (χ3n) is 4.17. The van der Waals surface area contributed by atoms with Crippen LogP contribution in [0.5, 0.6) is 0 Å². The molecule has 0 saturated carbocycles. The predicted molar refractivity (Wildman–Crippen MR) is 80.1 cm³/mol. The summed E-state index contributed by atoms with van der Waals surface area (Å²) in [5.74, 6) is 0. The molecule has 0 aromatic heterocycles. The summed E-state index contributed by atoms with van der Waals surface area (Å²) in [6, 6.07) is 0. The molecule has 5 heteroatoms. The van der Waals surface area contributed by atoms with Crippen LogP contribution in [0.3, 0.4) is 0 Å². The Morgan fingerprint density at radius 2 is 2.21 bits per heavy atom. The van der Waals surface area contributed by atoms with Crippen LogP contribution in [0.1, 0.15) is 26.2 Å². The second kappa shape index (κ2) is 8.42. The van der Waals surface area contributed by atoms with Crippen LogP contribution in [0.4, 0.5) is 0 Å². The van der Waals surface area contributed by atoms with Gasteiger partial charge in [-0.25, -0.2) is 0 Å². The standard InChI is InChI=1S/C14H28N2O2.ClH/c1-14(5-6-15-11-14)12-16-7-3-4-13(10-16)18-9-8-17-2;/h13,15H,3-12H2,1-2H3;1H. The van der Waals surface area contributed by atoms with Gasteiger partial charge in [0.05, 0.1) is 19.3 Å². The van der Waals surface area contributed by atoms with Crippen molar-refractivity contribution in [3.05, 3.63) is 0 Å². The van der Waals surface area contributed by atoms with Crippen molar-refractivity contribution in [2.75, 3.05) is 53.0 Å². The largest absolute Gasteiger partial charge is 0.382 e. The minimum absolute atomic E-state index is 0. The molecule has 2 saturated heterocycles. The summed E-state index contributed by atoms with van der Waals surface area (Å²) in [4.78, 5) is 2.59. The molecule has 2 atom stereocenters. The second-order valence-electron chi connectivity index (χ2n) is 6.10. The zero-order valence-corrected chi connectivity index (χ0v) is 13.1. The average molecular weight is 293 g/mol. The quantitative estimate of drug-likeness (QED) is 0.753. The molecule has 0 spiro atoms. The summed E-state index contributed by atoms with van der Waals surface area (Å²) in [6.07, 6.45) is 4.18. The van der Waals surface area contributed by atoms with Gasteiger partial charge in [-0.1, -0.05) is 6.92 Å². The van der Waals surface area contributed by atoms with E-state index in [0.29, 0.717) is 18.1 Å². The number of halogens is 1. The fourth-order valence-electron chi connectivity index (χ4n) is 3.13. The van der Waals surface area contributed by atoms with Gasteiger partial charge in [0.25, 0.3) is 0 Å². The summed E-state index contributed by atoms with van der Waals surface area (Å²) in [7, 11) is 1.73. The molecule has 0 aromatic rings. The average Bonchev–Trinajstić information content (AvgIpc) is 2.76. The van der Waals surface area contributed by atoms with Crippen LogP contribution < -0.4 is 5.32 Å². The van der Waals surface area contributed by atoms with Gasteiger partial charge in [-0.15, -0.1) is 12.4 Å². The molecular weight excluding hydrogens is 264 g/mol. The molecule has 1 N–H and O–H groups in total. The predicted octanol–water partition coefficient (Wildman–Crippen LogP) is 1.54. The number of nitrogens with one attached hydrogen (secondary N) is 1. The lowest BCUT2D eigenvalue weighted by molar-refractivity contribution is -0.0269. The number of rotatable bonds is 6. The molecule has 2 aliphatic heterocycles. The van der Waals surface area contributed by atoms with Crippen molar-refractivity contribution in [2.24, 2.45) is 5.41 Å². The molecule has 0 aromatic carbocycles. The van der Waals surface area contributed by atoms with Gasteiger partial charge in [-0.3, -0.25) is 0 Å². The van der Waals surface area contributed by atoms with Crippen LogP contribution >= 0.6 is 12.4 Å². The summed E-state index contributed by atoms with van der Waals surface area (Å²) in [5.41, 5.74) is 0.467. The van der Waals surface area contributed by atoms with E-state index >= 15 is 0 Å². The molecule has 0 amide bonds. The zero-order valence-electron chi connectivity index (χ0n) is 12.3. The third-order valence-corrected chi connectivity index (χ3v) is 4.17. The van der Waals surface area contributed by atoms with E-state index in [4.69, 9.17) is 9.47 Å². The number of piperidine rings is 1. The molecule has 2 heterocycles. The minimum atomic E-state index is 0. The highest BCUT2D eigenvalue weighted by atomic mass is 35.5. The van der Waals surface area contributed by atoms with Gasteiger partial charge in [-0.05, 0) is 37.8 Å². The summed E-state index contributed by atoms with van der Waals surface area (Å²) in [5, 5.41) is 3.48. The highest BCUT2D eigenvalue weighted by Crippen LogP contribution is 2.27. The first kappa shape index (κ1) is 17.2. The van der Waals surface area contributed by atoms with Crippen LogP contribution in [0.2, 0.25) is 0 Å². The van der Waals surface area contributed by atoms with Crippen LogP contribution in [-0.2, 0) is 9.47 Å². The lowest BCUT2D eigenvalue weighted by Gasteiger charge is -2.37. The molecule has 2 unspecified atom stereocenters. The number of methoxy groups -OCH3 is 1. The van der Waals surface area contributed by atoms with Crippen molar-refractivity contribution in [3.8, 4) is 0 Å². The van der Waals surface area contributed by atoms with Crippen LogP contribution in [0.15, 0.2) is 0 Å². The topological polar surface area (TPSA) is 33.7 Å². The Bertz CT molecular complexity index is 248. The lowest BCUT2D eigenvalue weighted by atomic mass is 9.88. The Hall–Kier alpha value is 0.130. The molecule has 4 nitrogen and oxygen atoms in total. The van der Waals surface area contributed by atoms with Crippen LogP contribution in [-0.4, -0.2) is 64.1 Å². The molecule has 2 fully saturated rings. The highest BCUT2D eigenvalue weighted by molar-refractivity contribution is 5.85. The van der Waals surface area contributed by atoms with Gasteiger partial charge in [0.2, 0.25) is 0 Å². The number of hydrogen-bond donors (Lipinski definition) is 1. The van der Waals surface area contributed by atoms with Gasteiger partial charge >= 0.3 is 0 Å². The van der Waals surface area contributed by atoms with E-state index in [1.54, 1.807) is 7.11 Å². The maximum absolute atomic E-state index is 5.87. The normalized spacial score (nSPS) is 32.2. The van der Waals surface area contributed by atoms with Gasteiger partial charge in [0.1, 0.15) is 0 Å². The maximum Gasteiger partial charge on any atom is 0.0704 e. The molecule has 2 rings (SSSR count). The molecule has 0 radical (unpaired) electrons. The SMILES string of the molecule is COCCOC1CCCN(CC2(C)CCNC2)C1.Cl. The van der Waals surface area contributed by atoms with Gasteiger partial charge < -0.3 is 19.7 Å². The Kier molecular flexibility index (Phi) is 7.62. The number of nitrogens with zero attached hydrogens (tertiary/aromatic N) is 1. The molecule has 114 valence electrons. The smallest absolute Gasteiger partial charge is 0.0704 e. The first-order chi connectivity index (χ1) is 8.72. The molecule has 0 bridgehead atoms. The van der Waals surface area contributed by atoms with Gasteiger partial charge in [0.15, 0.2) is 0 Å². The summed E-state index contributed by atoms with van der Waals surface area (Å²) in [6.45, 7) is 9.73. The fourth-order valence-corrected chi connectivity index (χ4v) is 3.13. The van der Waals surface area contributed by atoms with Crippen LogP contribution in [0, 0.1) is 5.41 Å². The maximum atomic E-state index is 5.87. The first-order valence-electron chi connectivity index (χ1n) is 7.25. The Labute approximate surface area is 123 Å². The van der Waals surface area contributed by atoms with E-state index in [-0.39, 0.29) is 12.4 Å². The highest BCUT2D eigenvalue weighted by Gasteiger charge is 2.32. The number of hydrogen-bond acceptors (Lipinski definition) is 4. The summed E-state index contributed by atoms with van der Waals surface area (Å²) >= 11 is 0. The van der Waals surface area contributed by atoms with Crippen molar-refractivity contribution >= 4 is 12.4 Å². The molecule has 0 aliphatic carbocycles. The summed E-state index contributed by atoms with van der Waals surface area (Å²) < 4.78 is 10.9. The van der Waals surface area contributed by atoms with E-state index in [2.05, 4.69) is 17.1 Å². The van der Waals surface area contributed by atoms with Crippen molar-refractivity contribution in [1.29, 1.82) is 0 Å². The Morgan fingerprint density at radius 1 is 1.37 bits per heavy atom. The van der Waals surface area contributed by atoms with E-state index < -0.39 is 0 Å². The van der Waals surface area contributed by atoms with Crippen molar-refractivity contribution in [3.63, 3.8) is 0 Å². The van der Waals surface area contributed by atoms with E-state index in [1.807, 2.05) is 0 Å². The Balaban J connectivity index is 0.00000180. The molecule has 2 aliphatic rings. The first-order valence-corrected chi connectivity index (χ1v) is 7.25. The number of likely N-dealkylation sites (tertiary alicyclic amines) is 1. The van der Waals surface area contributed by atoms with Crippen molar-refractivity contribution < 1.29 is 9.47 Å². The minimum Gasteiger partial charge on any atom is -0.382 e. The van der Waals surface area contributed by atoms with Gasteiger partial charge in [-0.2, -0.15) is 0 Å². The van der Waals surface area contributed by atoms with Crippen LogP contribution in [0.25, 0.3) is 0 Å². The molecular formula is C14H29ClN2O2. The van der Waals surface area contributed by atoms with Gasteiger partial charge in [0, 0.05) is 26.7 Å². The third kappa shape index (κ3) is 5.56. The number of ether oxygens (including phenoxy) is 2. The Morgan fingerprint density at radius 3 is 2.89 bits per heavy atom. The van der Waals surface area contributed by atoms with E-state index in [9.17, 15) is 0 Å². The second-order valence-corrected chi connectivity index (χ2v) is 6.10. The monoisotopic (exact) mass is 292 g/mol. The molecule has 19 heavy (non-hydrogen) atoms. The van der Waals surface area contributed by atoms with Crippen molar-refractivity contribution in [2.45, 2.75) is 32.3 Å². The van der Waals surface area contributed by atoms with E-state index in [1.165, 1.54) is 45.4 Å². The zero-order chi connectivity index (χ0) is 12.8. The van der Waals surface area contributed by atoms with E-state index in [0.717, 1.165) is 13.2 Å².